The lowest BCUT2D eigenvalue weighted by Crippen LogP contribution is -2.47. The first-order valence-corrected chi connectivity index (χ1v) is 11.0. The van der Waals surface area contributed by atoms with Crippen LogP contribution in [-0.2, 0) is 29.8 Å². The largest absolute Gasteiger partial charge is 0.530 e. The summed E-state index contributed by atoms with van der Waals surface area (Å²) in [6.45, 7) is 2.79. The Labute approximate surface area is 192 Å². The number of amides is 1. The Kier molecular flexibility index (Phi) is 4.94. The molecular formula is C19H21ClFN2O8P. The van der Waals surface area contributed by atoms with Crippen LogP contribution in [0.3, 0.4) is 0 Å². The SMILES string of the molecule is [2H]C([2H])(OP1(=O)OCc2cc(C)cc(C)c2O1)[C@@]1(F)O[C@@]([2H])(N2C=C(Cl)C(=O)NC2=C)[C@H](O)[C@@H]1O. The number of nitrogens with zero attached hydrogens (tertiary/aromatic N) is 1. The second-order valence-corrected chi connectivity index (χ2v) is 9.22. The number of aliphatic hydroxyl groups excluding tert-OH is 2. The number of ether oxygens (including phenoxy) is 1. The lowest BCUT2D eigenvalue weighted by molar-refractivity contribution is -0.208. The maximum Gasteiger partial charge on any atom is 0.530 e. The minimum absolute atomic E-state index is 0.0942. The topological polar surface area (TPSA) is 127 Å². The van der Waals surface area contributed by atoms with Gasteiger partial charge in [-0.15, -0.1) is 0 Å². The van der Waals surface area contributed by atoms with Gasteiger partial charge in [-0.05, 0) is 19.4 Å². The summed E-state index contributed by atoms with van der Waals surface area (Å²) < 4.78 is 73.7. The molecule has 1 fully saturated rings. The number of carbonyl (C=O) groups is 1. The number of phosphoric ester groups is 1. The number of hydrogen-bond donors (Lipinski definition) is 3. The lowest BCUT2D eigenvalue weighted by Gasteiger charge is -2.33. The van der Waals surface area contributed by atoms with E-state index in [0.29, 0.717) is 16.0 Å². The minimum atomic E-state index is -4.83. The van der Waals surface area contributed by atoms with Gasteiger partial charge in [-0.25, -0.2) is 8.96 Å². The summed E-state index contributed by atoms with van der Waals surface area (Å²) in [4.78, 5) is 12.2. The number of aryl methyl sites for hydroxylation is 2. The van der Waals surface area contributed by atoms with E-state index in [1.54, 1.807) is 19.1 Å². The zero-order chi connectivity index (χ0) is 26.1. The molecule has 3 aliphatic rings. The van der Waals surface area contributed by atoms with Crippen molar-refractivity contribution in [1.82, 2.24) is 10.2 Å². The number of fused-ring (bicyclic) bond motifs is 1. The number of phosphoric acid groups is 1. The highest BCUT2D eigenvalue weighted by Gasteiger charge is 2.58. The van der Waals surface area contributed by atoms with Crippen LogP contribution in [-0.4, -0.2) is 51.8 Å². The van der Waals surface area contributed by atoms with E-state index in [9.17, 15) is 19.6 Å². The van der Waals surface area contributed by atoms with Gasteiger partial charge in [-0.1, -0.05) is 35.9 Å². The molecule has 1 saturated heterocycles. The zero-order valence-corrected chi connectivity index (χ0v) is 18.4. The summed E-state index contributed by atoms with van der Waals surface area (Å²) in [5.41, 5.74) is 1.90. The highest BCUT2D eigenvalue weighted by atomic mass is 35.5. The van der Waals surface area contributed by atoms with E-state index in [0.717, 1.165) is 11.8 Å². The Bertz CT molecular complexity index is 1200. The van der Waals surface area contributed by atoms with Crippen molar-refractivity contribution in [2.45, 2.75) is 44.7 Å². The fourth-order valence-corrected chi connectivity index (χ4v) is 4.62. The van der Waals surface area contributed by atoms with Gasteiger partial charge in [0.05, 0.1) is 10.7 Å². The molecule has 174 valence electrons. The molecule has 10 nitrogen and oxygen atoms in total. The van der Waals surface area contributed by atoms with Gasteiger partial charge in [0.2, 0.25) is 0 Å². The van der Waals surface area contributed by atoms with Crippen molar-refractivity contribution in [3.63, 3.8) is 0 Å². The molecule has 1 aromatic carbocycles. The van der Waals surface area contributed by atoms with E-state index in [1.165, 1.54) is 0 Å². The molecule has 13 heteroatoms. The Morgan fingerprint density at radius 1 is 1.53 bits per heavy atom. The average molecular weight is 494 g/mol. The fourth-order valence-electron chi connectivity index (χ4n) is 3.31. The first-order chi connectivity index (χ1) is 16.0. The molecule has 0 radical (unpaired) electrons. The molecule has 0 bridgehead atoms. The monoisotopic (exact) mass is 493 g/mol. The van der Waals surface area contributed by atoms with Crippen LogP contribution in [0.5, 0.6) is 5.75 Å². The summed E-state index contributed by atoms with van der Waals surface area (Å²) in [6, 6.07) is 3.39. The smallest absolute Gasteiger partial charge is 0.403 e. The third-order valence-electron chi connectivity index (χ3n) is 4.80. The van der Waals surface area contributed by atoms with E-state index in [-0.39, 0.29) is 18.2 Å². The van der Waals surface area contributed by atoms with Gasteiger partial charge in [0.15, 0.2) is 6.20 Å². The number of alkyl halides is 1. The molecule has 5 atom stereocenters. The standard InChI is InChI=1S/C19H21ClFN2O8P/c1-9-4-10(2)15-12(5-9)7-28-32(27,31-15)29-8-19(21)16(25)14(24)18(30-19)23-6-13(20)17(26)22-11(23)3/h4-6,14,16,18,24-25H,3,7-8H2,1-2H3,(H,22,26)/t14-,16+,18-,19-,32?/m1/s1/i8D2,18D. The van der Waals surface area contributed by atoms with Crippen LogP contribution in [0.25, 0.3) is 0 Å². The molecular weight excluding hydrogens is 470 g/mol. The average Bonchev–Trinajstić information content (AvgIpc) is 2.93. The third-order valence-corrected chi connectivity index (χ3v) is 6.24. The zero-order valence-electron chi connectivity index (χ0n) is 19.8. The number of rotatable bonds is 4. The Hall–Kier alpha value is -1.98. The first-order valence-electron chi connectivity index (χ1n) is 10.7. The van der Waals surface area contributed by atoms with Crippen molar-refractivity contribution in [2.75, 3.05) is 6.56 Å². The van der Waals surface area contributed by atoms with Crippen molar-refractivity contribution < 1.29 is 46.4 Å². The number of halogens is 2. The number of nitrogens with one attached hydrogen (secondary N) is 1. The van der Waals surface area contributed by atoms with Crippen LogP contribution in [0.1, 0.15) is 20.8 Å². The van der Waals surface area contributed by atoms with E-state index in [1.807, 2.05) is 6.92 Å². The van der Waals surface area contributed by atoms with Gasteiger partial charge in [-0.2, -0.15) is 0 Å². The Morgan fingerprint density at radius 3 is 2.97 bits per heavy atom. The maximum absolute atomic E-state index is 16.0. The van der Waals surface area contributed by atoms with Crippen LogP contribution < -0.4 is 9.84 Å². The van der Waals surface area contributed by atoms with Gasteiger partial charge in [0.1, 0.15) is 35.4 Å². The van der Waals surface area contributed by atoms with Crippen LogP contribution >= 0.6 is 19.4 Å². The molecule has 0 saturated carbocycles. The second-order valence-electron chi connectivity index (χ2n) is 7.30. The highest BCUT2D eigenvalue weighted by molar-refractivity contribution is 7.49. The molecule has 3 N–H and O–H groups in total. The Morgan fingerprint density at radius 2 is 2.25 bits per heavy atom. The molecule has 0 aromatic heterocycles. The summed E-state index contributed by atoms with van der Waals surface area (Å²) >= 11 is 5.74. The van der Waals surface area contributed by atoms with E-state index in [2.05, 4.69) is 11.9 Å². The molecule has 0 aliphatic carbocycles. The summed E-state index contributed by atoms with van der Waals surface area (Å²) in [5.74, 6) is -5.09. The van der Waals surface area contributed by atoms with Crippen LogP contribution in [0, 0.1) is 13.8 Å². The van der Waals surface area contributed by atoms with Crippen molar-refractivity contribution in [3.8, 4) is 5.75 Å². The number of carbonyl (C=O) groups excluding carboxylic acids is 1. The molecule has 3 heterocycles. The van der Waals surface area contributed by atoms with E-state index < -0.39 is 49.6 Å². The first kappa shape index (κ1) is 19.5. The van der Waals surface area contributed by atoms with Gasteiger partial charge < -0.3 is 29.7 Å². The van der Waals surface area contributed by atoms with Gasteiger partial charge in [-0.3, -0.25) is 13.8 Å². The molecule has 1 unspecified atom stereocenters. The molecule has 1 amide bonds. The number of hydrogen-bond acceptors (Lipinski definition) is 9. The number of aliphatic hydroxyl groups is 2. The van der Waals surface area contributed by atoms with Crippen molar-refractivity contribution in [2.24, 2.45) is 0 Å². The van der Waals surface area contributed by atoms with Gasteiger partial charge in [0.25, 0.3) is 11.8 Å². The normalized spacial score (nSPS) is 38.8. The quantitative estimate of drug-likeness (QED) is 0.540. The Balaban J connectivity index is 1.64. The maximum atomic E-state index is 16.0. The van der Waals surface area contributed by atoms with Crippen LogP contribution in [0.2, 0.25) is 0 Å². The summed E-state index contributed by atoms with van der Waals surface area (Å²) in [5, 5.41) is 22.5. The predicted molar refractivity (Wildman–Crippen MR) is 109 cm³/mol. The van der Waals surface area contributed by atoms with Crippen molar-refractivity contribution in [1.29, 1.82) is 0 Å². The third kappa shape index (κ3) is 4.06. The van der Waals surface area contributed by atoms with Gasteiger partial charge in [0, 0.05) is 11.8 Å². The van der Waals surface area contributed by atoms with Crippen molar-refractivity contribution >= 4 is 25.3 Å². The molecule has 1 aromatic rings. The molecule has 32 heavy (non-hydrogen) atoms. The van der Waals surface area contributed by atoms with Crippen molar-refractivity contribution in [3.05, 3.63) is 52.5 Å². The molecule has 4 rings (SSSR count). The highest BCUT2D eigenvalue weighted by Crippen LogP contribution is 2.56. The van der Waals surface area contributed by atoms with Crippen LogP contribution in [0.15, 0.2) is 35.8 Å². The number of benzene rings is 1. The molecule has 0 spiro atoms. The summed E-state index contributed by atoms with van der Waals surface area (Å²) in [7, 11) is -4.83. The van der Waals surface area contributed by atoms with E-state index in [4.69, 9.17) is 34.0 Å². The summed E-state index contributed by atoms with van der Waals surface area (Å²) in [6.07, 6.45) is -7.41. The predicted octanol–water partition coefficient (Wildman–Crippen LogP) is 2.06. The molecule has 3 aliphatic heterocycles. The second kappa shape index (κ2) is 8.11. The lowest BCUT2D eigenvalue weighted by atomic mass is 10.1. The fraction of sp³-hybridized carbons (Fsp3) is 0.421. The van der Waals surface area contributed by atoms with E-state index >= 15 is 4.39 Å². The van der Waals surface area contributed by atoms with Gasteiger partial charge >= 0.3 is 7.82 Å². The van der Waals surface area contributed by atoms with Crippen LogP contribution in [0.4, 0.5) is 4.39 Å². The minimum Gasteiger partial charge on any atom is -0.403 e.